The van der Waals surface area contributed by atoms with Crippen LogP contribution < -0.4 is 5.11 Å². The zero-order valence-corrected chi connectivity index (χ0v) is 56.6. The van der Waals surface area contributed by atoms with Crippen LogP contribution in [0.1, 0.15) is 367 Å². The number of likely N-dealkylation sites (N-methyl/N-ethyl adjacent to an activating group) is 1. The number of aliphatic carboxylic acids is 1. The Balaban J connectivity index is 4.04. The number of carbonyl (C=O) groups is 3. The summed E-state index contributed by atoms with van der Waals surface area (Å²) < 4.78 is 22.8. The minimum Gasteiger partial charge on any atom is -0.545 e. The second kappa shape index (κ2) is 66.5. The number of hydrogen-bond donors (Lipinski definition) is 0. The van der Waals surface area contributed by atoms with Crippen molar-refractivity contribution in [3.05, 3.63) is 36.5 Å². The molecule has 0 fully saturated rings. The zero-order chi connectivity index (χ0) is 61.2. The smallest absolute Gasteiger partial charge is 0.306 e. The first-order valence-electron chi connectivity index (χ1n) is 36.6. The number of unbranched alkanes of at least 4 members (excludes halogenated alkanes) is 48. The summed E-state index contributed by atoms with van der Waals surface area (Å²) in [5, 5.41) is 11.8. The van der Waals surface area contributed by atoms with Gasteiger partial charge in [-0.2, -0.15) is 0 Å². The molecule has 0 aliphatic rings. The number of hydrogen-bond acceptors (Lipinski definition) is 8. The van der Waals surface area contributed by atoms with Crippen molar-refractivity contribution in [2.24, 2.45) is 0 Å². The van der Waals surface area contributed by atoms with Gasteiger partial charge in [-0.05, 0) is 51.4 Å². The van der Waals surface area contributed by atoms with Gasteiger partial charge in [-0.15, -0.1) is 0 Å². The lowest BCUT2D eigenvalue weighted by atomic mass is 10.0. The highest BCUT2D eigenvalue weighted by atomic mass is 16.7. The van der Waals surface area contributed by atoms with Crippen molar-refractivity contribution in [1.82, 2.24) is 0 Å². The Bertz CT molecular complexity index is 1470. The topological polar surface area (TPSA) is 111 Å². The molecule has 0 N–H and O–H groups in total. The summed E-state index contributed by atoms with van der Waals surface area (Å²) in [6, 6.07) is 0. The van der Waals surface area contributed by atoms with Crippen LogP contribution in [0.2, 0.25) is 0 Å². The fraction of sp³-hybridized carbons (Fsp3) is 0.880. The van der Waals surface area contributed by atoms with Gasteiger partial charge in [0, 0.05) is 12.8 Å². The summed E-state index contributed by atoms with van der Waals surface area (Å²) in [6.45, 7) is 4.80. The van der Waals surface area contributed by atoms with Crippen molar-refractivity contribution in [3.63, 3.8) is 0 Å². The van der Waals surface area contributed by atoms with Gasteiger partial charge in [0.15, 0.2) is 12.4 Å². The Labute approximate surface area is 521 Å². The molecule has 0 aromatic rings. The van der Waals surface area contributed by atoms with E-state index in [-0.39, 0.29) is 32.2 Å². The highest BCUT2D eigenvalue weighted by Crippen LogP contribution is 2.19. The van der Waals surface area contributed by atoms with Crippen molar-refractivity contribution in [2.75, 3.05) is 47.5 Å². The van der Waals surface area contributed by atoms with Gasteiger partial charge >= 0.3 is 11.9 Å². The number of carboxylic acids is 1. The van der Waals surface area contributed by atoms with E-state index in [9.17, 15) is 19.5 Å². The van der Waals surface area contributed by atoms with E-state index in [4.69, 9.17) is 18.9 Å². The van der Waals surface area contributed by atoms with Gasteiger partial charge < -0.3 is 33.3 Å². The SMILES string of the molecule is CCCCCCC/C=C\C/C=C\C/C=C\CCCCCCCCCCCCCCC(=O)OC(COC(=O)CCCCCCCCCCCCCCCCCCCCCCCCCCCCCCCCCC)COC(OCC[N+](C)(C)C)C(=O)[O-]. The summed E-state index contributed by atoms with van der Waals surface area (Å²) >= 11 is 0. The molecule has 0 heterocycles. The summed E-state index contributed by atoms with van der Waals surface area (Å²) in [4.78, 5) is 37.5. The molecule has 0 saturated heterocycles. The van der Waals surface area contributed by atoms with Crippen LogP contribution >= 0.6 is 0 Å². The number of carbonyl (C=O) groups excluding carboxylic acids is 3. The van der Waals surface area contributed by atoms with E-state index in [2.05, 4.69) is 50.3 Å². The quantitative estimate of drug-likeness (QED) is 0.0195. The van der Waals surface area contributed by atoms with Gasteiger partial charge in [0.1, 0.15) is 13.2 Å². The predicted octanol–water partition coefficient (Wildman–Crippen LogP) is 21.4. The van der Waals surface area contributed by atoms with Crippen LogP contribution in [0.5, 0.6) is 0 Å². The Morgan fingerprint density at radius 3 is 0.952 bits per heavy atom. The first kappa shape index (κ1) is 81.5. The minimum atomic E-state index is -1.62. The molecule has 0 aromatic heterocycles. The molecule has 9 heteroatoms. The second-order valence-electron chi connectivity index (χ2n) is 26.2. The van der Waals surface area contributed by atoms with Crippen molar-refractivity contribution in [3.8, 4) is 0 Å². The van der Waals surface area contributed by atoms with E-state index in [0.717, 1.165) is 51.4 Å². The van der Waals surface area contributed by atoms with Gasteiger partial charge in [-0.25, -0.2) is 0 Å². The molecule has 0 spiro atoms. The third-order valence-electron chi connectivity index (χ3n) is 16.6. The first-order valence-corrected chi connectivity index (χ1v) is 36.6. The fourth-order valence-corrected chi connectivity index (χ4v) is 11.0. The number of nitrogens with zero attached hydrogens (tertiary/aromatic N) is 1. The number of ether oxygens (including phenoxy) is 4. The van der Waals surface area contributed by atoms with E-state index in [1.165, 1.54) is 283 Å². The summed E-state index contributed by atoms with van der Waals surface area (Å²) in [7, 11) is 5.94. The molecule has 0 aromatic carbocycles. The second-order valence-corrected chi connectivity index (χ2v) is 26.2. The maximum absolute atomic E-state index is 12.9. The molecule has 2 unspecified atom stereocenters. The van der Waals surface area contributed by atoms with E-state index < -0.39 is 24.3 Å². The molecule has 0 radical (unpaired) electrons. The van der Waals surface area contributed by atoms with Crippen LogP contribution in [-0.4, -0.2) is 82.3 Å². The third-order valence-corrected chi connectivity index (χ3v) is 16.6. The van der Waals surface area contributed by atoms with Crippen LogP contribution in [0.15, 0.2) is 36.5 Å². The van der Waals surface area contributed by atoms with Gasteiger partial charge in [0.05, 0.1) is 40.3 Å². The van der Waals surface area contributed by atoms with Crippen LogP contribution in [0, 0.1) is 0 Å². The number of quaternary nitrogens is 1. The average molecular weight is 1180 g/mol. The van der Waals surface area contributed by atoms with Crippen molar-refractivity contribution < 1.29 is 42.9 Å². The van der Waals surface area contributed by atoms with Crippen molar-refractivity contribution in [1.29, 1.82) is 0 Å². The molecule has 2 atom stereocenters. The Hall–Kier alpha value is -2.49. The average Bonchev–Trinajstić information content (AvgIpc) is 3.51. The molecular weight excluding hydrogens is 1040 g/mol. The maximum atomic E-state index is 12.9. The molecule has 0 bridgehead atoms. The van der Waals surface area contributed by atoms with Crippen LogP contribution in [0.4, 0.5) is 0 Å². The summed E-state index contributed by atoms with van der Waals surface area (Å²) in [5.41, 5.74) is 0. The van der Waals surface area contributed by atoms with Gasteiger partial charge in [0.2, 0.25) is 0 Å². The summed E-state index contributed by atoms with van der Waals surface area (Å²) in [5.74, 6) is -2.26. The first-order chi connectivity index (χ1) is 41.1. The summed E-state index contributed by atoms with van der Waals surface area (Å²) in [6.07, 6.45) is 81.0. The third kappa shape index (κ3) is 67.0. The fourth-order valence-electron chi connectivity index (χ4n) is 11.0. The zero-order valence-electron chi connectivity index (χ0n) is 56.6. The molecule has 0 aliphatic heterocycles. The normalized spacial score (nSPS) is 12.8. The highest BCUT2D eigenvalue weighted by molar-refractivity contribution is 5.70. The number of carboxylic acid groups (broad SMARTS) is 1. The van der Waals surface area contributed by atoms with Crippen LogP contribution in [-0.2, 0) is 33.3 Å². The monoisotopic (exact) mass is 1180 g/mol. The van der Waals surface area contributed by atoms with E-state index in [1.54, 1.807) is 0 Å². The van der Waals surface area contributed by atoms with Crippen LogP contribution in [0.3, 0.4) is 0 Å². The van der Waals surface area contributed by atoms with E-state index in [0.29, 0.717) is 23.9 Å². The molecule has 0 saturated carbocycles. The van der Waals surface area contributed by atoms with Gasteiger partial charge in [0.25, 0.3) is 0 Å². The standard InChI is InChI=1S/C75H141NO8/c1-6-8-10-12-14-16-18-20-22-24-26-28-30-32-34-35-36-37-38-40-41-43-45-47-49-51-53-55-57-59-61-63-65-72(77)82-69-71(70-83-75(74(79)80)81-68-67-76(3,4)5)84-73(78)66-64-62-60-58-56-54-52-50-48-46-44-42-39-33-31-29-27-25-23-21-19-17-15-13-11-9-7-2/h19,21,25,27,31,33,71,75H,6-18,20,22-24,26,28-30,32,34-70H2,1-5H3/b21-19-,27-25-,33-31-. The molecular formula is C75H141NO8. The predicted molar refractivity (Wildman–Crippen MR) is 357 cm³/mol. The van der Waals surface area contributed by atoms with E-state index in [1.807, 2.05) is 21.1 Å². The van der Waals surface area contributed by atoms with Crippen LogP contribution in [0.25, 0.3) is 0 Å². The highest BCUT2D eigenvalue weighted by Gasteiger charge is 2.22. The molecule has 494 valence electrons. The molecule has 0 amide bonds. The molecule has 0 rings (SSSR count). The Morgan fingerprint density at radius 1 is 0.357 bits per heavy atom. The largest absolute Gasteiger partial charge is 0.545 e. The maximum Gasteiger partial charge on any atom is 0.306 e. The van der Waals surface area contributed by atoms with Gasteiger partial charge in [-0.3, -0.25) is 9.59 Å². The lowest BCUT2D eigenvalue weighted by Crippen LogP contribution is -2.44. The minimum absolute atomic E-state index is 0.149. The number of rotatable bonds is 69. The van der Waals surface area contributed by atoms with Gasteiger partial charge in [-0.1, -0.05) is 339 Å². The van der Waals surface area contributed by atoms with E-state index >= 15 is 0 Å². The molecule has 84 heavy (non-hydrogen) atoms. The number of esters is 2. The lowest BCUT2D eigenvalue weighted by molar-refractivity contribution is -0.870. The lowest BCUT2D eigenvalue weighted by Gasteiger charge is -2.26. The Morgan fingerprint density at radius 2 is 0.643 bits per heavy atom. The van der Waals surface area contributed by atoms with Crippen molar-refractivity contribution in [2.45, 2.75) is 379 Å². The van der Waals surface area contributed by atoms with Crippen molar-refractivity contribution >= 4 is 17.9 Å². The Kier molecular flexibility index (Phi) is 64.5. The molecule has 0 aliphatic carbocycles. The molecule has 9 nitrogen and oxygen atoms in total. The number of allylic oxidation sites excluding steroid dienone is 6.